The summed E-state index contributed by atoms with van der Waals surface area (Å²) in [6.07, 6.45) is -4.01. The van der Waals surface area contributed by atoms with Gasteiger partial charge in [-0.05, 0) is 0 Å². The number of phosphoric ester groups is 1. The lowest BCUT2D eigenvalue weighted by atomic mass is 9.59. The standard InChI is InChI=1S/C9H14B3F2N2O8PS/c10-8(16-1-2(13)5(26)15-6(16)19)4(18)3(17)7(14,23-8)9(11,12)24-25(20,21)22/h1,3-4,17-18H,10-12H2,(H,15,19,26)(H2,20,21,22)/t3-,4+,7-,8-/m0/s1. The molecule has 1 aliphatic rings. The van der Waals surface area contributed by atoms with Crippen molar-refractivity contribution in [2.75, 3.05) is 0 Å². The number of nitrogens with zero attached hydrogens (tertiary/aromatic N) is 1. The first-order valence-corrected chi connectivity index (χ1v) is 9.02. The Morgan fingerprint density at radius 1 is 1.42 bits per heavy atom. The number of alkyl halides is 1. The van der Waals surface area contributed by atoms with Crippen LogP contribution >= 0.6 is 20.0 Å². The maximum absolute atomic E-state index is 15.4. The lowest BCUT2D eigenvalue weighted by Gasteiger charge is -2.39. The molecule has 0 unspecified atom stereocenters. The van der Waals surface area contributed by atoms with Gasteiger partial charge >= 0.3 is 13.5 Å². The molecule has 142 valence electrons. The molecule has 1 aliphatic heterocycles. The Balaban J connectivity index is 2.59. The van der Waals surface area contributed by atoms with Gasteiger partial charge in [0.25, 0.3) is 5.85 Å². The molecule has 0 aliphatic carbocycles. The van der Waals surface area contributed by atoms with E-state index >= 15 is 4.39 Å². The van der Waals surface area contributed by atoms with E-state index in [9.17, 15) is 24.0 Å². The molecule has 1 fully saturated rings. The topological polar surface area (TPSA) is 154 Å². The van der Waals surface area contributed by atoms with E-state index in [4.69, 9.17) is 14.5 Å². The number of hydrogen-bond acceptors (Lipinski definition) is 7. The van der Waals surface area contributed by atoms with Gasteiger partial charge in [0.05, 0.1) is 5.40 Å². The number of halogens is 2. The number of ether oxygens (including phenoxy) is 1. The van der Waals surface area contributed by atoms with Crippen molar-refractivity contribution in [1.29, 1.82) is 0 Å². The van der Waals surface area contributed by atoms with Gasteiger partial charge in [-0.2, -0.15) is 0 Å². The molecule has 0 aromatic carbocycles. The average molecular weight is 412 g/mol. The van der Waals surface area contributed by atoms with Crippen LogP contribution in [0.2, 0.25) is 0 Å². The molecule has 2 rings (SSSR count). The lowest BCUT2D eigenvalue weighted by molar-refractivity contribution is -0.240. The SMILES string of the molecule is BC(B)(OP(=O)(O)O)[C@@]1(F)O[C@@](B)(n2cc(F)c(=S)[nH]c2=O)[C@H](O)[C@@H]1O. The Bertz CT molecular complexity index is 894. The highest BCUT2D eigenvalue weighted by atomic mass is 32.1. The van der Waals surface area contributed by atoms with Crippen LogP contribution in [0, 0.1) is 10.5 Å². The van der Waals surface area contributed by atoms with Gasteiger partial charge < -0.3 is 24.7 Å². The van der Waals surface area contributed by atoms with Crippen molar-refractivity contribution in [2.45, 2.75) is 29.1 Å². The minimum Gasteiger partial charge on any atom is -0.386 e. The minimum absolute atomic E-state index is 0.431. The number of aromatic nitrogens is 2. The van der Waals surface area contributed by atoms with Crippen molar-refractivity contribution in [3.63, 3.8) is 0 Å². The lowest BCUT2D eigenvalue weighted by Crippen LogP contribution is -2.60. The van der Waals surface area contributed by atoms with E-state index in [0.29, 0.717) is 10.8 Å². The predicted molar refractivity (Wildman–Crippen MR) is 92.2 cm³/mol. The number of hydrogen-bond donors (Lipinski definition) is 5. The van der Waals surface area contributed by atoms with Gasteiger partial charge in [-0.3, -0.25) is 14.1 Å². The smallest absolute Gasteiger partial charge is 0.386 e. The fourth-order valence-corrected chi connectivity index (χ4v) is 3.58. The number of rotatable bonds is 4. The number of nitrogens with one attached hydrogen (secondary N) is 1. The second kappa shape index (κ2) is 6.35. The fraction of sp³-hybridized carbons (Fsp3) is 0.556. The normalized spacial score (nSPS) is 32.7. The van der Waals surface area contributed by atoms with Gasteiger partial charge in [0, 0.05) is 6.20 Å². The summed E-state index contributed by atoms with van der Waals surface area (Å²) in [5.74, 6) is -4.47. The van der Waals surface area contributed by atoms with Crippen LogP contribution in [0.1, 0.15) is 0 Å². The van der Waals surface area contributed by atoms with Gasteiger partial charge in [-0.1, -0.05) is 12.2 Å². The molecular formula is C9H14B3F2N2O8PS. The summed E-state index contributed by atoms with van der Waals surface area (Å²) < 4.78 is 49.5. The molecule has 0 spiro atoms. The quantitative estimate of drug-likeness (QED) is 0.188. The zero-order valence-corrected chi connectivity index (χ0v) is 15.4. The first-order chi connectivity index (χ1) is 11.5. The minimum atomic E-state index is -5.23. The molecule has 0 saturated carbocycles. The van der Waals surface area contributed by atoms with Crippen LogP contribution in [0.25, 0.3) is 0 Å². The van der Waals surface area contributed by atoms with Gasteiger partial charge in [0.2, 0.25) is 0 Å². The highest BCUT2D eigenvalue weighted by Gasteiger charge is 2.68. The zero-order chi connectivity index (χ0) is 20.3. The molecule has 1 aromatic heterocycles. The number of aromatic amines is 1. The van der Waals surface area contributed by atoms with E-state index in [-0.39, 0.29) is 0 Å². The summed E-state index contributed by atoms with van der Waals surface area (Å²) in [6.45, 7) is 0. The largest absolute Gasteiger partial charge is 0.468 e. The first-order valence-electron chi connectivity index (χ1n) is 7.08. The molecule has 4 atom stereocenters. The molecule has 0 amide bonds. The van der Waals surface area contributed by atoms with Gasteiger partial charge in [0.15, 0.2) is 13.7 Å². The van der Waals surface area contributed by atoms with E-state index in [1.165, 1.54) is 0 Å². The predicted octanol–water partition coefficient (Wildman–Crippen LogP) is -4.26. The maximum Gasteiger partial charge on any atom is 0.468 e. The number of aliphatic hydroxyl groups is 2. The van der Waals surface area contributed by atoms with Crippen LogP contribution in [-0.2, 0) is 19.4 Å². The van der Waals surface area contributed by atoms with Crippen molar-refractivity contribution in [1.82, 2.24) is 9.55 Å². The van der Waals surface area contributed by atoms with Crippen molar-refractivity contribution >= 4 is 43.6 Å². The maximum atomic E-state index is 15.4. The van der Waals surface area contributed by atoms with E-state index in [2.05, 4.69) is 16.7 Å². The molecule has 1 aromatic rings. The summed E-state index contributed by atoms with van der Waals surface area (Å²) in [5.41, 5.74) is -3.44. The van der Waals surface area contributed by atoms with Crippen LogP contribution in [-0.4, -0.2) is 76.6 Å². The van der Waals surface area contributed by atoms with Crippen LogP contribution in [0.4, 0.5) is 8.78 Å². The van der Waals surface area contributed by atoms with E-state index in [0.717, 1.165) is 23.5 Å². The molecule has 1 saturated heterocycles. The van der Waals surface area contributed by atoms with Crippen molar-refractivity contribution in [3.05, 3.63) is 27.1 Å². The summed E-state index contributed by atoms with van der Waals surface area (Å²) in [6, 6.07) is 0. The van der Waals surface area contributed by atoms with E-state index < -0.39 is 53.1 Å². The number of phosphoric acid groups is 1. The Morgan fingerprint density at radius 2 is 1.96 bits per heavy atom. The van der Waals surface area contributed by atoms with E-state index in [1.54, 1.807) is 0 Å². The summed E-state index contributed by atoms with van der Waals surface area (Å²) >= 11 is 4.55. The second-order valence-electron chi connectivity index (χ2n) is 6.39. The third kappa shape index (κ3) is 3.36. The molecule has 26 heavy (non-hydrogen) atoms. The fourth-order valence-electron chi connectivity index (χ4n) is 2.73. The van der Waals surface area contributed by atoms with Gasteiger partial charge in [-0.25, -0.2) is 18.1 Å². The molecule has 5 N–H and O–H groups in total. The second-order valence-corrected chi connectivity index (χ2v) is 7.96. The molecule has 2 heterocycles. The number of H-pyrrole nitrogens is 1. The van der Waals surface area contributed by atoms with E-state index in [1.807, 2.05) is 4.98 Å². The van der Waals surface area contributed by atoms with Gasteiger partial charge in [-0.15, -0.1) is 0 Å². The summed E-state index contributed by atoms with van der Waals surface area (Å²) in [5, 5.41) is 17.9. The monoisotopic (exact) mass is 412 g/mol. The third-order valence-corrected chi connectivity index (χ3v) is 5.12. The average Bonchev–Trinajstić information content (AvgIpc) is 2.63. The molecule has 0 bridgehead atoms. The van der Waals surface area contributed by atoms with Crippen molar-refractivity contribution < 1.29 is 42.6 Å². The Morgan fingerprint density at radius 3 is 2.46 bits per heavy atom. The van der Waals surface area contributed by atoms with Crippen molar-refractivity contribution in [3.8, 4) is 0 Å². The summed E-state index contributed by atoms with van der Waals surface area (Å²) in [4.78, 5) is 31.9. The Kier molecular flexibility index (Phi) is 5.23. The Hall–Kier alpha value is -0.855. The van der Waals surface area contributed by atoms with Gasteiger partial charge in [0.1, 0.15) is 38.2 Å². The molecule has 10 nitrogen and oxygen atoms in total. The third-order valence-electron chi connectivity index (χ3n) is 4.13. The first kappa shape index (κ1) is 21.4. The Labute approximate surface area is 152 Å². The van der Waals surface area contributed by atoms with Crippen molar-refractivity contribution in [2.24, 2.45) is 0 Å². The highest BCUT2D eigenvalue weighted by Crippen LogP contribution is 2.50. The zero-order valence-electron chi connectivity index (χ0n) is 13.7. The molecule has 0 radical (unpaired) electrons. The van der Waals surface area contributed by atoms with Crippen LogP contribution in [0.15, 0.2) is 11.0 Å². The molecular weight excluding hydrogens is 398 g/mol. The summed E-state index contributed by atoms with van der Waals surface area (Å²) in [7, 11) is -2.55. The molecule has 17 heteroatoms. The van der Waals surface area contributed by atoms with Crippen LogP contribution < -0.4 is 5.69 Å². The van der Waals surface area contributed by atoms with Crippen LogP contribution in [0.5, 0.6) is 0 Å². The number of aliphatic hydroxyl groups excluding tert-OH is 2. The van der Waals surface area contributed by atoms with Crippen LogP contribution in [0.3, 0.4) is 0 Å². The highest BCUT2D eigenvalue weighted by molar-refractivity contribution is 7.71.